The van der Waals surface area contributed by atoms with Crippen LogP contribution in [0.4, 0.5) is 34.1 Å². The largest absolute Gasteiger partial charge is 0.311 e. The minimum Gasteiger partial charge on any atom is -0.311 e. The molecule has 3 aromatic heterocycles. The van der Waals surface area contributed by atoms with Gasteiger partial charge in [0.25, 0.3) is 6.71 Å². The van der Waals surface area contributed by atoms with Gasteiger partial charge >= 0.3 is 0 Å². The first-order valence-corrected chi connectivity index (χ1v) is 30.8. The lowest BCUT2D eigenvalue weighted by molar-refractivity contribution is 0.590. The smallest absolute Gasteiger partial charge is 0.252 e. The van der Waals surface area contributed by atoms with Gasteiger partial charge < -0.3 is 14.4 Å². The number of fused-ring (bicyclic) bond motifs is 11. The van der Waals surface area contributed by atoms with Gasteiger partial charge in [-0.2, -0.15) is 9.97 Å². The number of hydrogen-bond acceptors (Lipinski definition) is 5. The molecule has 5 heterocycles. The van der Waals surface area contributed by atoms with Crippen molar-refractivity contribution in [3.8, 4) is 34.4 Å². The highest BCUT2D eigenvalue weighted by molar-refractivity contribution is 7.00. The van der Waals surface area contributed by atoms with E-state index in [1.807, 2.05) is 36.4 Å². The Kier molecular flexibility index (Phi) is 12.1. The van der Waals surface area contributed by atoms with Crippen LogP contribution in [0.15, 0.2) is 218 Å². The second-order valence-electron chi connectivity index (χ2n) is 28.2. The summed E-state index contributed by atoms with van der Waals surface area (Å²) in [6, 6.07) is 81.3. The average molecular weight is 1130 g/mol. The summed E-state index contributed by atoms with van der Waals surface area (Å²) in [6.45, 7) is 27.8. The Bertz CT molecular complexity index is 4690. The van der Waals surface area contributed by atoms with Crippen molar-refractivity contribution in [2.24, 2.45) is 0 Å². The van der Waals surface area contributed by atoms with Gasteiger partial charge in [0, 0.05) is 66.8 Å². The number of rotatable bonds is 6. The highest BCUT2D eigenvalue weighted by Crippen LogP contribution is 2.49. The van der Waals surface area contributed by atoms with Crippen molar-refractivity contribution in [1.29, 1.82) is 0 Å². The van der Waals surface area contributed by atoms with Crippen molar-refractivity contribution in [3.05, 3.63) is 241 Å². The van der Waals surface area contributed by atoms with Gasteiger partial charge in [-0.15, -0.1) is 0 Å². The zero-order valence-electron chi connectivity index (χ0n) is 52.0. The van der Waals surface area contributed by atoms with Gasteiger partial charge in [0.2, 0.25) is 5.95 Å². The Labute approximate surface area is 511 Å². The standard InChI is InChI=1S/C79H72BN7/c1-76(2,3)51-31-37-55(38-32-51)84-66-43-35-53(78(7,8)9)45-62(66)80-63-46-54(79(10,11)12)36-44-67(63)85(56-39-33-52(34-40-56)77(4,5)6)69-48-57(47-68(84)70(69)80)86-64-29-21-19-27-58(64)60-41-42-61-59-28-20-22-30-65(59)87(72(61)71(60)86)75-82-73(49-23-15-13-16-24-49)81-74(83-75)50-25-17-14-18-26-50/h13-48H,1-12H3. The van der Waals surface area contributed by atoms with E-state index in [1.165, 1.54) is 50.0 Å². The normalized spacial score (nSPS) is 13.4. The zero-order valence-corrected chi connectivity index (χ0v) is 52.0. The predicted molar refractivity (Wildman–Crippen MR) is 368 cm³/mol. The van der Waals surface area contributed by atoms with E-state index >= 15 is 0 Å². The molecule has 0 amide bonds. The molecule has 2 aliphatic heterocycles. The predicted octanol–water partition coefficient (Wildman–Crippen LogP) is 18.7. The lowest BCUT2D eigenvalue weighted by Gasteiger charge is -2.45. The van der Waals surface area contributed by atoms with Crippen LogP contribution in [0.25, 0.3) is 78.0 Å². The van der Waals surface area contributed by atoms with Gasteiger partial charge in [0.05, 0.1) is 27.8 Å². The van der Waals surface area contributed by atoms with Crippen molar-refractivity contribution in [1.82, 2.24) is 24.1 Å². The van der Waals surface area contributed by atoms with Gasteiger partial charge in [0.1, 0.15) is 0 Å². The molecule has 0 aliphatic carbocycles. The van der Waals surface area contributed by atoms with Crippen molar-refractivity contribution >= 4 is 101 Å². The molecule has 0 saturated carbocycles. The maximum absolute atomic E-state index is 5.47. The summed E-state index contributed by atoms with van der Waals surface area (Å²) in [6.07, 6.45) is 0. The van der Waals surface area contributed by atoms with E-state index in [0.717, 1.165) is 83.2 Å². The van der Waals surface area contributed by atoms with Crippen molar-refractivity contribution in [3.63, 3.8) is 0 Å². The highest BCUT2D eigenvalue weighted by atomic mass is 15.2. The van der Waals surface area contributed by atoms with Crippen LogP contribution in [0.5, 0.6) is 0 Å². The van der Waals surface area contributed by atoms with Gasteiger partial charge in [-0.05, 0) is 121 Å². The molecule has 15 rings (SSSR count). The molecule has 0 unspecified atom stereocenters. The number of para-hydroxylation sites is 2. The minimum atomic E-state index is -0.0947. The van der Waals surface area contributed by atoms with Gasteiger partial charge in [0.15, 0.2) is 11.6 Å². The number of hydrogen-bond donors (Lipinski definition) is 0. The Morgan fingerprint density at radius 1 is 0.310 bits per heavy atom. The molecule has 0 fully saturated rings. The Balaban J connectivity index is 1.10. The summed E-state index contributed by atoms with van der Waals surface area (Å²) in [5.41, 5.74) is 22.8. The molecule has 0 atom stereocenters. The molecule has 10 aromatic carbocycles. The van der Waals surface area contributed by atoms with Crippen LogP contribution >= 0.6 is 0 Å². The molecule has 8 heteroatoms. The Morgan fingerprint density at radius 2 is 0.690 bits per heavy atom. The third kappa shape index (κ3) is 8.81. The lowest BCUT2D eigenvalue weighted by Crippen LogP contribution is -2.61. The van der Waals surface area contributed by atoms with Crippen LogP contribution in [0.2, 0.25) is 0 Å². The number of benzene rings is 10. The maximum atomic E-state index is 5.47. The molecule has 7 nitrogen and oxygen atoms in total. The summed E-state index contributed by atoms with van der Waals surface area (Å²) < 4.78 is 4.85. The summed E-state index contributed by atoms with van der Waals surface area (Å²) in [7, 11) is 0. The molecule has 426 valence electrons. The topological polar surface area (TPSA) is 55.0 Å². The third-order valence-corrected chi connectivity index (χ3v) is 18.4. The fraction of sp³-hybridized carbons (Fsp3) is 0.203. The lowest BCUT2D eigenvalue weighted by atomic mass is 9.33. The van der Waals surface area contributed by atoms with E-state index in [0.29, 0.717) is 17.6 Å². The fourth-order valence-corrected chi connectivity index (χ4v) is 13.7. The zero-order chi connectivity index (χ0) is 60.1. The van der Waals surface area contributed by atoms with Crippen molar-refractivity contribution in [2.45, 2.75) is 105 Å². The van der Waals surface area contributed by atoms with Crippen molar-refractivity contribution < 1.29 is 0 Å². The minimum absolute atomic E-state index is 0.0283. The van der Waals surface area contributed by atoms with Gasteiger partial charge in [-0.25, -0.2) is 4.98 Å². The van der Waals surface area contributed by atoms with Gasteiger partial charge in [-0.3, -0.25) is 4.57 Å². The van der Waals surface area contributed by atoms with Crippen LogP contribution in [-0.2, 0) is 21.7 Å². The van der Waals surface area contributed by atoms with Crippen LogP contribution in [0.3, 0.4) is 0 Å². The van der Waals surface area contributed by atoms with Crippen LogP contribution in [-0.4, -0.2) is 30.8 Å². The third-order valence-electron chi connectivity index (χ3n) is 18.4. The molecular weight excluding hydrogens is 1060 g/mol. The maximum Gasteiger partial charge on any atom is 0.252 e. The molecule has 0 spiro atoms. The Hall–Kier alpha value is -9.53. The van der Waals surface area contributed by atoms with E-state index in [4.69, 9.17) is 15.0 Å². The van der Waals surface area contributed by atoms with E-state index in [9.17, 15) is 0 Å². The molecule has 0 N–H and O–H groups in total. The summed E-state index contributed by atoms with van der Waals surface area (Å²) in [5.74, 6) is 1.77. The quantitative estimate of drug-likeness (QED) is 0.155. The summed E-state index contributed by atoms with van der Waals surface area (Å²) >= 11 is 0. The summed E-state index contributed by atoms with van der Waals surface area (Å²) in [5, 5.41) is 4.52. The molecule has 0 radical (unpaired) electrons. The van der Waals surface area contributed by atoms with Crippen LogP contribution in [0.1, 0.15) is 105 Å². The Morgan fingerprint density at radius 3 is 1.11 bits per heavy atom. The molecule has 87 heavy (non-hydrogen) atoms. The first kappa shape index (κ1) is 54.1. The number of anilines is 6. The first-order chi connectivity index (χ1) is 41.7. The van der Waals surface area contributed by atoms with E-state index in [-0.39, 0.29) is 28.4 Å². The highest BCUT2D eigenvalue weighted by Gasteiger charge is 2.45. The van der Waals surface area contributed by atoms with Crippen molar-refractivity contribution in [2.75, 3.05) is 9.80 Å². The van der Waals surface area contributed by atoms with E-state index < -0.39 is 0 Å². The second-order valence-corrected chi connectivity index (χ2v) is 28.2. The van der Waals surface area contributed by atoms with E-state index in [1.54, 1.807) is 0 Å². The van der Waals surface area contributed by atoms with Crippen LogP contribution < -0.4 is 26.2 Å². The fourth-order valence-electron chi connectivity index (χ4n) is 13.7. The monoisotopic (exact) mass is 1130 g/mol. The average Bonchev–Trinajstić information content (AvgIpc) is 1.66. The summed E-state index contributed by atoms with van der Waals surface area (Å²) in [4.78, 5) is 21.3. The second kappa shape index (κ2) is 19.5. The van der Waals surface area contributed by atoms with Gasteiger partial charge in [-0.1, -0.05) is 241 Å². The number of aromatic nitrogens is 5. The molecule has 13 aromatic rings. The van der Waals surface area contributed by atoms with Crippen LogP contribution in [0, 0.1) is 0 Å². The number of nitrogens with zero attached hydrogens (tertiary/aromatic N) is 7. The molecule has 2 aliphatic rings. The van der Waals surface area contributed by atoms with E-state index in [2.05, 4.69) is 284 Å². The SMILES string of the molecule is CC(C)(C)c1ccc(N2c3ccc(C(C)(C)C)cc3B3c4cc(C(C)(C)C)ccc4N(c4ccc(C(C)(C)C)cc4)c4cc(-n5c6ccccc6c6ccc7c8ccccc8n(-c8nc(-c9ccccc9)nc(-c9ccccc9)n8)c7c65)cc2c43)cc1. The first-order valence-electron chi connectivity index (χ1n) is 30.8. The molecule has 0 saturated heterocycles. The molecule has 0 bridgehead atoms. The molecular formula is C79H72BN7.